The van der Waals surface area contributed by atoms with Crippen LogP contribution in [0.2, 0.25) is 0 Å². The smallest absolute Gasteiger partial charge is 0.333 e. The van der Waals surface area contributed by atoms with Crippen molar-refractivity contribution in [3.05, 3.63) is 65.8 Å². The third-order valence-electron chi connectivity index (χ3n) is 3.09. The van der Waals surface area contributed by atoms with E-state index in [0.717, 1.165) is 17.9 Å². The minimum atomic E-state index is -0.387. The lowest BCUT2D eigenvalue weighted by molar-refractivity contribution is -0.140. The van der Waals surface area contributed by atoms with Crippen molar-refractivity contribution < 1.29 is 9.53 Å². The zero-order valence-corrected chi connectivity index (χ0v) is 11.8. The predicted octanol–water partition coefficient (Wildman–Crippen LogP) is 2.86. The van der Waals surface area contributed by atoms with Gasteiger partial charge in [0.25, 0.3) is 0 Å². The van der Waals surface area contributed by atoms with E-state index in [0.29, 0.717) is 5.57 Å². The van der Waals surface area contributed by atoms with Crippen molar-refractivity contribution in [1.29, 1.82) is 0 Å². The molecule has 0 aliphatic rings. The van der Waals surface area contributed by atoms with Crippen LogP contribution in [0.3, 0.4) is 0 Å². The lowest BCUT2D eigenvalue weighted by Crippen LogP contribution is -2.07. The SMILES string of the molecule is C=C(C)C(=O)OCc1ncn(Cc2ccccc2)c1C. The first kappa shape index (κ1) is 14.1. The molecule has 20 heavy (non-hydrogen) atoms. The van der Waals surface area contributed by atoms with Crippen LogP contribution in [0.15, 0.2) is 48.8 Å². The van der Waals surface area contributed by atoms with Gasteiger partial charge in [-0.25, -0.2) is 9.78 Å². The summed E-state index contributed by atoms with van der Waals surface area (Å²) >= 11 is 0. The van der Waals surface area contributed by atoms with Gasteiger partial charge in [-0.05, 0) is 19.4 Å². The first-order chi connectivity index (χ1) is 9.58. The molecule has 4 heteroatoms. The summed E-state index contributed by atoms with van der Waals surface area (Å²) in [6.45, 7) is 8.09. The Labute approximate surface area is 118 Å². The summed E-state index contributed by atoms with van der Waals surface area (Å²) in [4.78, 5) is 15.7. The normalized spacial score (nSPS) is 10.3. The highest BCUT2D eigenvalue weighted by atomic mass is 16.5. The second-order valence-electron chi connectivity index (χ2n) is 4.75. The first-order valence-corrected chi connectivity index (χ1v) is 6.45. The van der Waals surface area contributed by atoms with Crippen molar-refractivity contribution in [3.63, 3.8) is 0 Å². The van der Waals surface area contributed by atoms with E-state index in [4.69, 9.17) is 4.74 Å². The number of hydrogen-bond acceptors (Lipinski definition) is 3. The van der Waals surface area contributed by atoms with Crippen LogP contribution in [0, 0.1) is 6.92 Å². The molecular formula is C16H18N2O2. The summed E-state index contributed by atoms with van der Waals surface area (Å²) in [5.41, 5.74) is 3.38. The molecule has 2 rings (SSSR count). The highest BCUT2D eigenvalue weighted by molar-refractivity contribution is 5.86. The van der Waals surface area contributed by atoms with Crippen LogP contribution >= 0.6 is 0 Å². The predicted molar refractivity (Wildman–Crippen MR) is 77.1 cm³/mol. The lowest BCUT2D eigenvalue weighted by Gasteiger charge is -2.07. The number of aromatic nitrogens is 2. The van der Waals surface area contributed by atoms with Gasteiger partial charge in [0, 0.05) is 17.8 Å². The van der Waals surface area contributed by atoms with Crippen LogP contribution in [-0.2, 0) is 22.7 Å². The van der Waals surface area contributed by atoms with Crippen LogP contribution in [0.4, 0.5) is 0 Å². The minimum Gasteiger partial charge on any atom is -0.456 e. The standard InChI is InChI=1S/C16H18N2O2/c1-12(2)16(19)20-10-15-13(3)18(11-17-15)9-14-7-5-4-6-8-14/h4-8,11H,1,9-10H2,2-3H3. The highest BCUT2D eigenvalue weighted by Gasteiger charge is 2.10. The number of rotatable bonds is 5. The van der Waals surface area contributed by atoms with Crippen molar-refractivity contribution >= 4 is 5.97 Å². The van der Waals surface area contributed by atoms with Crippen LogP contribution in [0.25, 0.3) is 0 Å². The maximum atomic E-state index is 11.4. The molecule has 0 spiro atoms. The molecule has 1 heterocycles. The summed E-state index contributed by atoms with van der Waals surface area (Å²) in [6.07, 6.45) is 1.77. The lowest BCUT2D eigenvalue weighted by atomic mass is 10.2. The van der Waals surface area contributed by atoms with E-state index in [1.54, 1.807) is 13.3 Å². The Kier molecular flexibility index (Phi) is 4.35. The summed E-state index contributed by atoms with van der Waals surface area (Å²) in [6, 6.07) is 10.2. The fraction of sp³-hybridized carbons (Fsp3) is 0.250. The number of ether oxygens (including phenoxy) is 1. The summed E-state index contributed by atoms with van der Waals surface area (Å²) in [5, 5.41) is 0. The van der Waals surface area contributed by atoms with E-state index in [2.05, 4.69) is 23.7 Å². The fourth-order valence-corrected chi connectivity index (χ4v) is 1.82. The quantitative estimate of drug-likeness (QED) is 0.620. The number of imidazole rings is 1. The first-order valence-electron chi connectivity index (χ1n) is 6.45. The third-order valence-corrected chi connectivity index (χ3v) is 3.09. The molecule has 0 atom stereocenters. The topological polar surface area (TPSA) is 44.1 Å². The molecule has 1 aromatic carbocycles. The van der Waals surface area contributed by atoms with E-state index < -0.39 is 0 Å². The Balaban J connectivity index is 2.04. The van der Waals surface area contributed by atoms with Crippen molar-refractivity contribution in [1.82, 2.24) is 9.55 Å². The average Bonchev–Trinajstić information content (AvgIpc) is 2.78. The Morgan fingerprint density at radius 3 is 2.70 bits per heavy atom. The minimum absolute atomic E-state index is 0.180. The number of carbonyl (C=O) groups excluding carboxylic acids is 1. The van der Waals surface area contributed by atoms with Gasteiger partial charge >= 0.3 is 5.97 Å². The van der Waals surface area contributed by atoms with Gasteiger partial charge < -0.3 is 9.30 Å². The van der Waals surface area contributed by atoms with Gasteiger partial charge in [-0.1, -0.05) is 36.9 Å². The Hall–Kier alpha value is -2.36. The van der Waals surface area contributed by atoms with E-state index in [1.165, 1.54) is 5.56 Å². The molecule has 0 fully saturated rings. The molecule has 0 unspecified atom stereocenters. The van der Waals surface area contributed by atoms with E-state index in [9.17, 15) is 4.79 Å². The van der Waals surface area contributed by atoms with E-state index in [1.807, 2.05) is 29.7 Å². The average molecular weight is 270 g/mol. The number of esters is 1. The number of carbonyl (C=O) groups is 1. The number of hydrogen-bond donors (Lipinski definition) is 0. The summed E-state index contributed by atoms with van der Waals surface area (Å²) in [7, 11) is 0. The second kappa shape index (κ2) is 6.19. The zero-order chi connectivity index (χ0) is 14.5. The van der Waals surface area contributed by atoms with Gasteiger partial charge in [-0.15, -0.1) is 0 Å². The van der Waals surface area contributed by atoms with Gasteiger partial charge in [0.1, 0.15) is 6.61 Å². The van der Waals surface area contributed by atoms with Gasteiger partial charge in [-0.2, -0.15) is 0 Å². The molecule has 0 aliphatic heterocycles. The molecule has 0 radical (unpaired) electrons. The van der Waals surface area contributed by atoms with Crippen molar-refractivity contribution in [2.75, 3.05) is 0 Å². The van der Waals surface area contributed by atoms with Crippen LogP contribution < -0.4 is 0 Å². The maximum Gasteiger partial charge on any atom is 0.333 e. The molecule has 2 aromatic rings. The van der Waals surface area contributed by atoms with Crippen molar-refractivity contribution in [3.8, 4) is 0 Å². The monoisotopic (exact) mass is 270 g/mol. The largest absolute Gasteiger partial charge is 0.456 e. The maximum absolute atomic E-state index is 11.4. The van der Waals surface area contributed by atoms with Crippen LogP contribution in [0.1, 0.15) is 23.9 Å². The van der Waals surface area contributed by atoms with Gasteiger partial charge in [0.05, 0.1) is 12.0 Å². The highest BCUT2D eigenvalue weighted by Crippen LogP contribution is 2.11. The van der Waals surface area contributed by atoms with Crippen molar-refractivity contribution in [2.24, 2.45) is 0 Å². The second-order valence-corrected chi connectivity index (χ2v) is 4.75. The fourth-order valence-electron chi connectivity index (χ4n) is 1.82. The molecule has 0 saturated carbocycles. The van der Waals surface area contributed by atoms with Crippen LogP contribution in [-0.4, -0.2) is 15.5 Å². The molecule has 0 N–H and O–H groups in total. The summed E-state index contributed by atoms with van der Waals surface area (Å²) < 4.78 is 7.16. The van der Waals surface area contributed by atoms with Gasteiger partial charge in [0.2, 0.25) is 0 Å². The Bertz CT molecular complexity index is 615. The van der Waals surface area contributed by atoms with Gasteiger partial charge in [0.15, 0.2) is 0 Å². The molecular weight excluding hydrogens is 252 g/mol. The van der Waals surface area contributed by atoms with Crippen molar-refractivity contribution in [2.45, 2.75) is 27.0 Å². The van der Waals surface area contributed by atoms with E-state index >= 15 is 0 Å². The Morgan fingerprint density at radius 2 is 2.05 bits per heavy atom. The third kappa shape index (κ3) is 3.35. The molecule has 1 aromatic heterocycles. The molecule has 0 bridgehead atoms. The molecule has 0 aliphatic carbocycles. The van der Waals surface area contributed by atoms with Crippen LogP contribution in [0.5, 0.6) is 0 Å². The number of benzene rings is 1. The Morgan fingerprint density at radius 1 is 1.35 bits per heavy atom. The number of nitrogens with zero attached hydrogens (tertiary/aromatic N) is 2. The zero-order valence-electron chi connectivity index (χ0n) is 11.8. The molecule has 0 amide bonds. The van der Waals surface area contributed by atoms with E-state index in [-0.39, 0.29) is 12.6 Å². The molecule has 104 valence electrons. The summed E-state index contributed by atoms with van der Waals surface area (Å²) in [5.74, 6) is -0.387. The van der Waals surface area contributed by atoms with Gasteiger partial charge in [-0.3, -0.25) is 0 Å². The molecule has 4 nitrogen and oxygen atoms in total. The molecule has 0 saturated heterocycles.